The van der Waals surface area contributed by atoms with E-state index in [-0.39, 0.29) is 12.1 Å². The van der Waals surface area contributed by atoms with Crippen molar-refractivity contribution in [3.05, 3.63) is 66.1 Å². The molecule has 0 fully saturated rings. The van der Waals surface area contributed by atoms with Crippen LogP contribution in [0, 0.1) is 0 Å². The first-order valence-corrected chi connectivity index (χ1v) is 7.89. The molecule has 6 nitrogen and oxygen atoms in total. The second kappa shape index (κ2) is 5.81. The van der Waals surface area contributed by atoms with Crippen molar-refractivity contribution in [1.29, 1.82) is 0 Å². The fraction of sp³-hybridized carbons (Fsp3) is 0.167. The number of fused-ring (bicyclic) bond motifs is 1. The predicted octanol–water partition coefficient (Wildman–Crippen LogP) is 3.06. The Morgan fingerprint density at radius 3 is 2.83 bits per heavy atom. The number of aromatic nitrogens is 3. The minimum Gasteiger partial charge on any atom is -0.361 e. The van der Waals surface area contributed by atoms with Crippen LogP contribution in [0.25, 0.3) is 11.3 Å². The van der Waals surface area contributed by atoms with Crippen LogP contribution in [0.15, 0.2) is 55.0 Å². The number of aromatic amines is 1. The van der Waals surface area contributed by atoms with Crippen LogP contribution < -0.4 is 5.32 Å². The molecule has 2 aromatic heterocycles. The number of hydrogen-bond donors (Lipinski definition) is 2. The number of nitrogens with zero attached hydrogens (tertiary/aromatic N) is 3. The number of rotatable bonds is 3. The smallest absolute Gasteiger partial charge is 0.257 e. The molecule has 24 heavy (non-hydrogen) atoms. The molecule has 1 atom stereocenters. The topological polar surface area (TPSA) is 73.9 Å². The summed E-state index contributed by atoms with van der Waals surface area (Å²) in [6.07, 6.45) is 5.01. The monoisotopic (exact) mass is 319 g/mol. The summed E-state index contributed by atoms with van der Waals surface area (Å²) >= 11 is 0. The molecule has 0 aliphatic carbocycles. The Balaban J connectivity index is 1.80. The zero-order valence-corrected chi connectivity index (χ0v) is 13.2. The Labute approximate surface area is 139 Å². The van der Waals surface area contributed by atoms with Crippen molar-refractivity contribution < 1.29 is 4.79 Å². The van der Waals surface area contributed by atoms with E-state index in [2.05, 4.69) is 20.5 Å². The third-order valence-electron chi connectivity index (χ3n) is 4.28. The van der Waals surface area contributed by atoms with Gasteiger partial charge in [-0.2, -0.15) is 5.10 Å². The number of pyridine rings is 1. The summed E-state index contributed by atoms with van der Waals surface area (Å²) in [5, 5.41) is 10.7. The highest BCUT2D eigenvalue weighted by Crippen LogP contribution is 2.36. The first-order valence-electron chi connectivity index (χ1n) is 7.89. The first kappa shape index (κ1) is 14.4. The van der Waals surface area contributed by atoms with E-state index in [0.717, 1.165) is 22.5 Å². The highest BCUT2D eigenvalue weighted by atomic mass is 16.2. The molecule has 6 heteroatoms. The number of carbonyl (C=O) groups excluding carboxylic acids is 1. The van der Waals surface area contributed by atoms with Gasteiger partial charge in [0, 0.05) is 35.8 Å². The molecule has 1 aliphatic heterocycles. The predicted molar refractivity (Wildman–Crippen MR) is 91.3 cm³/mol. The van der Waals surface area contributed by atoms with Gasteiger partial charge in [-0.25, -0.2) is 0 Å². The van der Waals surface area contributed by atoms with E-state index in [1.54, 1.807) is 18.6 Å². The molecule has 1 amide bonds. The molecule has 120 valence electrons. The van der Waals surface area contributed by atoms with Gasteiger partial charge in [-0.15, -0.1) is 0 Å². The van der Waals surface area contributed by atoms with Gasteiger partial charge in [-0.05, 0) is 31.2 Å². The number of hydrogen-bond acceptors (Lipinski definition) is 4. The Hall–Kier alpha value is -3.15. The van der Waals surface area contributed by atoms with Crippen LogP contribution in [-0.2, 0) is 0 Å². The largest absolute Gasteiger partial charge is 0.361 e. The maximum atomic E-state index is 12.8. The maximum Gasteiger partial charge on any atom is 0.257 e. The molecule has 4 rings (SSSR count). The van der Waals surface area contributed by atoms with E-state index in [4.69, 9.17) is 0 Å². The van der Waals surface area contributed by atoms with E-state index in [0.29, 0.717) is 12.1 Å². The van der Waals surface area contributed by atoms with Crippen molar-refractivity contribution in [2.75, 3.05) is 11.9 Å². The molecule has 0 bridgehead atoms. The summed E-state index contributed by atoms with van der Waals surface area (Å²) < 4.78 is 0. The summed E-state index contributed by atoms with van der Waals surface area (Å²) in [6.45, 7) is 2.58. The van der Waals surface area contributed by atoms with Gasteiger partial charge < -0.3 is 10.2 Å². The van der Waals surface area contributed by atoms with Crippen LogP contribution in [0.5, 0.6) is 0 Å². The summed E-state index contributed by atoms with van der Waals surface area (Å²) in [5.74, 6) is 0.0233. The van der Waals surface area contributed by atoms with E-state index >= 15 is 0 Å². The van der Waals surface area contributed by atoms with Crippen LogP contribution in [0.2, 0.25) is 0 Å². The normalized spacial score (nSPS) is 16.6. The maximum absolute atomic E-state index is 12.8. The average Bonchev–Trinajstić information content (AvgIpc) is 3.12. The minimum atomic E-state index is -0.272. The molecule has 0 saturated heterocycles. The van der Waals surface area contributed by atoms with Gasteiger partial charge in [0.2, 0.25) is 0 Å². The summed E-state index contributed by atoms with van der Waals surface area (Å²) in [5.41, 5.74) is 4.27. The minimum absolute atomic E-state index is 0.0233. The Morgan fingerprint density at radius 2 is 2.04 bits per heavy atom. The van der Waals surface area contributed by atoms with Crippen molar-refractivity contribution in [2.45, 2.75) is 13.1 Å². The van der Waals surface area contributed by atoms with E-state index in [1.807, 2.05) is 48.2 Å². The van der Waals surface area contributed by atoms with Gasteiger partial charge in [0.25, 0.3) is 5.91 Å². The standard InChI is InChI=1S/C18H17N5O/c1-2-23-17(21-15-8-4-3-7-13(15)18(23)24)14-11-20-22-16(14)12-6-5-9-19-10-12/h3-11,17,21H,2H2,1H3,(H,20,22)/t17-/m0/s1. The van der Waals surface area contributed by atoms with E-state index in [9.17, 15) is 4.79 Å². The molecule has 3 aromatic rings. The summed E-state index contributed by atoms with van der Waals surface area (Å²) in [6, 6.07) is 11.4. The Bertz CT molecular complexity index is 874. The lowest BCUT2D eigenvalue weighted by Crippen LogP contribution is -2.42. The second-order valence-corrected chi connectivity index (χ2v) is 5.63. The Kier molecular flexibility index (Phi) is 3.49. The van der Waals surface area contributed by atoms with Crippen molar-refractivity contribution in [2.24, 2.45) is 0 Å². The third-order valence-corrected chi connectivity index (χ3v) is 4.28. The van der Waals surface area contributed by atoms with Gasteiger partial charge in [-0.3, -0.25) is 14.9 Å². The number of amides is 1. The number of para-hydroxylation sites is 1. The fourth-order valence-electron chi connectivity index (χ4n) is 3.11. The van der Waals surface area contributed by atoms with Crippen LogP contribution in [-0.4, -0.2) is 32.5 Å². The van der Waals surface area contributed by atoms with Gasteiger partial charge in [0.15, 0.2) is 0 Å². The molecule has 1 aliphatic rings. The lowest BCUT2D eigenvalue weighted by molar-refractivity contribution is 0.0695. The summed E-state index contributed by atoms with van der Waals surface area (Å²) in [7, 11) is 0. The molecule has 2 N–H and O–H groups in total. The van der Waals surface area contributed by atoms with Gasteiger partial charge >= 0.3 is 0 Å². The first-order chi connectivity index (χ1) is 11.8. The van der Waals surface area contributed by atoms with Crippen molar-refractivity contribution in [1.82, 2.24) is 20.1 Å². The lowest BCUT2D eigenvalue weighted by Gasteiger charge is -2.37. The number of H-pyrrole nitrogens is 1. The fourth-order valence-corrected chi connectivity index (χ4v) is 3.11. The van der Waals surface area contributed by atoms with E-state index in [1.165, 1.54) is 0 Å². The van der Waals surface area contributed by atoms with Gasteiger partial charge in [0.1, 0.15) is 6.17 Å². The molecular formula is C18H17N5O. The highest BCUT2D eigenvalue weighted by molar-refractivity contribution is 6.01. The number of nitrogens with one attached hydrogen (secondary N) is 2. The number of anilines is 1. The van der Waals surface area contributed by atoms with Crippen molar-refractivity contribution in [3.8, 4) is 11.3 Å². The highest BCUT2D eigenvalue weighted by Gasteiger charge is 2.33. The lowest BCUT2D eigenvalue weighted by atomic mass is 10.0. The molecule has 0 unspecified atom stereocenters. The average molecular weight is 319 g/mol. The molecule has 0 saturated carbocycles. The van der Waals surface area contributed by atoms with Crippen molar-refractivity contribution >= 4 is 11.6 Å². The molecule has 3 heterocycles. The van der Waals surface area contributed by atoms with Crippen LogP contribution in [0.4, 0.5) is 5.69 Å². The van der Waals surface area contributed by atoms with E-state index < -0.39 is 0 Å². The van der Waals surface area contributed by atoms with Crippen LogP contribution in [0.3, 0.4) is 0 Å². The molecular weight excluding hydrogens is 302 g/mol. The summed E-state index contributed by atoms with van der Waals surface area (Å²) in [4.78, 5) is 18.8. The molecule has 1 aromatic carbocycles. The van der Waals surface area contributed by atoms with Gasteiger partial charge in [0.05, 0.1) is 17.5 Å². The SMILES string of the molecule is CCN1C(=O)c2ccccc2N[C@@H]1c1cn[nH]c1-c1cccnc1. The van der Waals surface area contributed by atoms with Crippen LogP contribution >= 0.6 is 0 Å². The molecule has 0 spiro atoms. The molecule has 0 radical (unpaired) electrons. The van der Waals surface area contributed by atoms with Crippen LogP contribution in [0.1, 0.15) is 29.0 Å². The quantitative estimate of drug-likeness (QED) is 0.778. The number of carbonyl (C=O) groups is 1. The number of benzene rings is 1. The second-order valence-electron chi connectivity index (χ2n) is 5.63. The third kappa shape index (κ3) is 2.23. The van der Waals surface area contributed by atoms with Crippen molar-refractivity contribution in [3.63, 3.8) is 0 Å². The zero-order valence-electron chi connectivity index (χ0n) is 13.2. The van der Waals surface area contributed by atoms with Gasteiger partial charge in [-0.1, -0.05) is 12.1 Å². The zero-order chi connectivity index (χ0) is 16.5. The Morgan fingerprint density at radius 1 is 1.17 bits per heavy atom.